The summed E-state index contributed by atoms with van der Waals surface area (Å²) in [5.41, 5.74) is 10.9. The SMILES string of the molecule is Cc1c(-c2ccc3c(c2)-c2ccccc2C3(C)C)cccc1-c1cc2ccc3ccccc3c2s1. The monoisotopic (exact) mass is 466 g/mol. The van der Waals surface area contributed by atoms with Crippen LogP contribution in [0.3, 0.4) is 0 Å². The van der Waals surface area contributed by atoms with Crippen LogP contribution >= 0.6 is 11.3 Å². The van der Waals surface area contributed by atoms with Crippen LogP contribution in [0.4, 0.5) is 0 Å². The molecule has 0 fully saturated rings. The van der Waals surface area contributed by atoms with Crippen molar-refractivity contribution in [2.75, 3.05) is 0 Å². The maximum absolute atomic E-state index is 2.41. The number of fused-ring (bicyclic) bond motifs is 6. The predicted molar refractivity (Wildman–Crippen MR) is 153 cm³/mol. The maximum atomic E-state index is 2.41. The molecule has 7 rings (SSSR count). The summed E-state index contributed by atoms with van der Waals surface area (Å²) in [4.78, 5) is 1.34. The van der Waals surface area contributed by atoms with Crippen LogP contribution in [0.5, 0.6) is 0 Å². The van der Waals surface area contributed by atoms with Crippen molar-refractivity contribution in [3.05, 3.63) is 120 Å². The molecule has 0 N–H and O–H groups in total. The Kier molecular flexibility index (Phi) is 4.38. The summed E-state index contributed by atoms with van der Waals surface area (Å²) in [7, 11) is 0. The number of hydrogen-bond acceptors (Lipinski definition) is 1. The van der Waals surface area contributed by atoms with E-state index in [4.69, 9.17) is 0 Å². The van der Waals surface area contributed by atoms with E-state index in [1.165, 1.54) is 70.2 Å². The molecule has 1 heterocycles. The van der Waals surface area contributed by atoms with E-state index >= 15 is 0 Å². The molecule has 5 aromatic carbocycles. The van der Waals surface area contributed by atoms with E-state index < -0.39 is 0 Å². The van der Waals surface area contributed by atoms with Crippen molar-refractivity contribution in [3.8, 4) is 32.7 Å². The fourth-order valence-electron chi connectivity index (χ4n) is 6.00. The number of rotatable bonds is 2. The Hall–Kier alpha value is -3.68. The molecule has 0 atom stereocenters. The van der Waals surface area contributed by atoms with E-state index in [2.05, 4.69) is 124 Å². The van der Waals surface area contributed by atoms with Crippen LogP contribution in [-0.4, -0.2) is 0 Å². The smallest absolute Gasteiger partial charge is 0.0427 e. The zero-order chi connectivity index (χ0) is 23.7. The van der Waals surface area contributed by atoms with Crippen LogP contribution in [0.1, 0.15) is 30.5 Å². The van der Waals surface area contributed by atoms with Crippen LogP contribution < -0.4 is 0 Å². The Labute approximate surface area is 210 Å². The van der Waals surface area contributed by atoms with Gasteiger partial charge in [0, 0.05) is 15.0 Å². The van der Waals surface area contributed by atoms with Gasteiger partial charge < -0.3 is 0 Å². The predicted octanol–water partition coefficient (Wildman–Crippen LogP) is 10.0. The normalized spacial score (nSPS) is 13.8. The number of benzene rings is 5. The van der Waals surface area contributed by atoms with E-state index in [0.717, 1.165) is 0 Å². The molecule has 1 aliphatic carbocycles. The third-order valence-electron chi connectivity index (χ3n) is 7.90. The first-order chi connectivity index (χ1) is 17.0. The summed E-state index contributed by atoms with van der Waals surface area (Å²) in [6.45, 7) is 6.96. The molecular formula is C34H26S. The molecule has 0 unspecified atom stereocenters. The average molecular weight is 467 g/mol. The molecule has 35 heavy (non-hydrogen) atoms. The summed E-state index contributed by atoms with van der Waals surface area (Å²) in [6, 6.07) is 38.3. The minimum absolute atomic E-state index is 0.0429. The molecule has 1 aromatic heterocycles. The molecule has 6 aromatic rings. The van der Waals surface area contributed by atoms with Gasteiger partial charge in [-0.1, -0.05) is 105 Å². The Morgan fingerprint density at radius 3 is 2.20 bits per heavy atom. The summed E-state index contributed by atoms with van der Waals surface area (Å²) in [5.74, 6) is 0. The van der Waals surface area contributed by atoms with Crippen LogP contribution in [0.15, 0.2) is 103 Å². The molecular weight excluding hydrogens is 440 g/mol. The average Bonchev–Trinajstić information content (AvgIpc) is 3.42. The fraction of sp³-hybridized carbons (Fsp3) is 0.118. The summed E-state index contributed by atoms with van der Waals surface area (Å²) < 4.78 is 1.37. The second-order valence-electron chi connectivity index (χ2n) is 10.2. The molecule has 0 radical (unpaired) electrons. The third-order valence-corrected chi connectivity index (χ3v) is 9.12. The molecule has 1 heteroatoms. The second-order valence-corrected chi connectivity index (χ2v) is 11.3. The van der Waals surface area contributed by atoms with Crippen LogP contribution in [0, 0.1) is 6.92 Å². The van der Waals surface area contributed by atoms with Crippen molar-refractivity contribution in [2.24, 2.45) is 0 Å². The quantitative estimate of drug-likeness (QED) is 0.238. The molecule has 0 bridgehead atoms. The highest BCUT2D eigenvalue weighted by Crippen LogP contribution is 2.50. The van der Waals surface area contributed by atoms with Gasteiger partial charge in [0.15, 0.2) is 0 Å². The third kappa shape index (κ3) is 2.98. The Balaban J connectivity index is 1.38. The van der Waals surface area contributed by atoms with Crippen molar-refractivity contribution in [1.82, 2.24) is 0 Å². The minimum atomic E-state index is 0.0429. The highest BCUT2D eigenvalue weighted by molar-refractivity contribution is 7.23. The van der Waals surface area contributed by atoms with Gasteiger partial charge in [-0.3, -0.25) is 0 Å². The Morgan fingerprint density at radius 2 is 1.29 bits per heavy atom. The van der Waals surface area contributed by atoms with E-state index in [9.17, 15) is 0 Å². The zero-order valence-electron chi connectivity index (χ0n) is 20.2. The van der Waals surface area contributed by atoms with Gasteiger partial charge in [-0.2, -0.15) is 0 Å². The molecule has 0 amide bonds. The van der Waals surface area contributed by atoms with E-state index in [1.54, 1.807) is 0 Å². The molecule has 0 aliphatic heterocycles. The first kappa shape index (κ1) is 20.7. The molecule has 0 saturated carbocycles. The van der Waals surface area contributed by atoms with E-state index in [0.29, 0.717) is 0 Å². The lowest BCUT2D eigenvalue weighted by molar-refractivity contribution is 0.660. The van der Waals surface area contributed by atoms with Crippen LogP contribution in [-0.2, 0) is 5.41 Å². The van der Waals surface area contributed by atoms with Crippen LogP contribution in [0.25, 0.3) is 53.6 Å². The summed E-state index contributed by atoms with van der Waals surface area (Å²) in [5, 5.41) is 3.97. The van der Waals surface area contributed by atoms with Gasteiger partial charge in [-0.15, -0.1) is 11.3 Å². The van der Waals surface area contributed by atoms with Crippen molar-refractivity contribution in [2.45, 2.75) is 26.2 Å². The molecule has 0 nitrogen and oxygen atoms in total. The maximum Gasteiger partial charge on any atom is 0.0427 e. The Morgan fingerprint density at radius 1 is 0.571 bits per heavy atom. The van der Waals surface area contributed by atoms with E-state index in [1.807, 2.05) is 11.3 Å². The van der Waals surface area contributed by atoms with Gasteiger partial charge in [-0.25, -0.2) is 0 Å². The van der Waals surface area contributed by atoms with Gasteiger partial charge in [0.2, 0.25) is 0 Å². The number of hydrogen-bond donors (Lipinski definition) is 0. The van der Waals surface area contributed by atoms with Gasteiger partial charge in [0.25, 0.3) is 0 Å². The summed E-state index contributed by atoms with van der Waals surface area (Å²) in [6.07, 6.45) is 0. The first-order valence-electron chi connectivity index (χ1n) is 12.3. The molecule has 0 saturated heterocycles. The molecule has 0 spiro atoms. The first-order valence-corrected chi connectivity index (χ1v) is 13.1. The summed E-state index contributed by atoms with van der Waals surface area (Å²) >= 11 is 1.91. The van der Waals surface area contributed by atoms with Gasteiger partial charge >= 0.3 is 0 Å². The van der Waals surface area contributed by atoms with E-state index in [-0.39, 0.29) is 5.41 Å². The highest BCUT2D eigenvalue weighted by atomic mass is 32.1. The lowest BCUT2D eigenvalue weighted by Crippen LogP contribution is -2.14. The lowest BCUT2D eigenvalue weighted by Gasteiger charge is -2.21. The van der Waals surface area contributed by atoms with Gasteiger partial charge in [-0.05, 0) is 79.7 Å². The molecule has 1 aliphatic rings. The Bertz CT molecular complexity index is 1780. The van der Waals surface area contributed by atoms with Gasteiger partial charge in [0.1, 0.15) is 0 Å². The largest absolute Gasteiger partial charge is 0.135 e. The topological polar surface area (TPSA) is 0 Å². The number of thiophene rings is 1. The van der Waals surface area contributed by atoms with Crippen molar-refractivity contribution in [3.63, 3.8) is 0 Å². The van der Waals surface area contributed by atoms with Crippen molar-refractivity contribution < 1.29 is 0 Å². The van der Waals surface area contributed by atoms with Crippen molar-refractivity contribution >= 4 is 32.2 Å². The highest BCUT2D eigenvalue weighted by Gasteiger charge is 2.35. The zero-order valence-corrected chi connectivity index (χ0v) is 21.0. The second kappa shape index (κ2) is 7.41. The van der Waals surface area contributed by atoms with Gasteiger partial charge in [0.05, 0.1) is 0 Å². The minimum Gasteiger partial charge on any atom is -0.135 e. The van der Waals surface area contributed by atoms with Crippen molar-refractivity contribution in [1.29, 1.82) is 0 Å². The lowest BCUT2D eigenvalue weighted by atomic mass is 9.82. The molecule has 168 valence electrons. The fourth-order valence-corrected chi connectivity index (χ4v) is 7.28. The standard InChI is InChI=1S/C34H26S/c1-21-25(23-17-18-31-29(19-23)28-11-6-7-14-30(28)34(31,2)3)12-8-13-26(21)32-20-24-16-15-22-9-4-5-10-27(22)33(24)35-32/h4-20H,1-3H3. The van der Waals surface area contributed by atoms with Crippen LogP contribution in [0.2, 0.25) is 0 Å².